The van der Waals surface area contributed by atoms with Gasteiger partial charge in [0.25, 0.3) is 5.91 Å². The zero-order chi connectivity index (χ0) is 18.6. The van der Waals surface area contributed by atoms with Gasteiger partial charge in [-0.2, -0.15) is 0 Å². The van der Waals surface area contributed by atoms with Gasteiger partial charge in [0.05, 0.1) is 10.1 Å². The summed E-state index contributed by atoms with van der Waals surface area (Å²) in [7, 11) is -3.30. The first-order valence-corrected chi connectivity index (χ1v) is 10.0. The first-order valence-electron chi connectivity index (χ1n) is 8.47. The lowest BCUT2D eigenvalue weighted by atomic mass is 10.3. The van der Waals surface area contributed by atoms with E-state index in [4.69, 9.17) is 4.74 Å². The van der Waals surface area contributed by atoms with Gasteiger partial charge in [-0.1, -0.05) is 12.8 Å². The summed E-state index contributed by atoms with van der Waals surface area (Å²) < 4.78 is 43.1. The number of carbonyl (C=O) groups excluding carboxylic acids is 1. The molecule has 2 aromatic carbocycles. The molecule has 0 aliphatic heterocycles. The van der Waals surface area contributed by atoms with Gasteiger partial charge in [-0.25, -0.2) is 12.8 Å². The second kappa shape index (κ2) is 7.86. The van der Waals surface area contributed by atoms with Crippen molar-refractivity contribution in [3.8, 4) is 5.75 Å². The minimum atomic E-state index is -3.30. The van der Waals surface area contributed by atoms with Crippen LogP contribution in [0.3, 0.4) is 0 Å². The molecule has 7 heteroatoms. The molecular weight excluding hydrogens is 357 g/mol. The fourth-order valence-electron chi connectivity index (χ4n) is 3.00. The van der Waals surface area contributed by atoms with Gasteiger partial charge in [0.1, 0.15) is 11.6 Å². The number of hydrogen-bond acceptors (Lipinski definition) is 4. The van der Waals surface area contributed by atoms with E-state index >= 15 is 0 Å². The van der Waals surface area contributed by atoms with Gasteiger partial charge >= 0.3 is 0 Å². The van der Waals surface area contributed by atoms with Gasteiger partial charge in [0.2, 0.25) is 0 Å². The van der Waals surface area contributed by atoms with Gasteiger partial charge < -0.3 is 10.1 Å². The third kappa shape index (κ3) is 4.40. The molecule has 0 saturated heterocycles. The molecule has 5 nitrogen and oxygen atoms in total. The SMILES string of the molecule is O=C(COc1ccc(F)cc1)Nc1ccc(S(=O)(=O)C2CCCC2)cc1. The first-order chi connectivity index (χ1) is 12.4. The Hall–Kier alpha value is -2.41. The van der Waals surface area contributed by atoms with Crippen LogP contribution in [-0.4, -0.2) is 26.2 Å². The molecule has 0 spiro atoms. The maximum atomic E-state index is 12.8. The Balaban J connectivity index is 1.56. The highest BCUT2D eigenvalue weighted by Gasteiger charge is 2.30. The maximum absolute atomic E-state index is 12.8. The summed E-state index contributed by atoms with van der Waals surface area (Å²) in [6.45, 7) is -0.228. The van der Waals surface area contributed by atoms with Gasteiger partial charge in [-0.05, 0) is 61.4 Å². The van der Waals surface area contributed by atoms with Gasteiger partial charge in [0.15, 0.2) is 16.4 Å². The minimum absolute atomic E-state index is 0.228. The number of nitrogens with one attached hydrogen (secondary N) is 1. The van der Waals surface area contributed by atoms with E-state index in [1.165, 1.54) is 36.4 Å². The Labute approximate surface area is 152 Å². The van der Waals surface area contributed by atoms with Crippen molar-refractivity contribution in [1.29, 1.82) is 0 Å². The van der Waals surface area contributed by atoms with E-state index in [2.05, 4.69) is 5.32 Å². The summed E-state index contributed by atoms with van der Waals surface area (Å²) in [5.74, 6) is -0.380. The van der Waals surface area contributed by atoms with Crippen LogP contribution in [0.2, 0.25) is 0 Å². The molecule has 1 fully saturated rings. The van der Waals surface area contributed by atoms with Crippen LogP contribution in [0.1, 0.15) is 25.7 Å². The summed E-state index contributed by atoms with van der Waals surface area (Å²) in [6, 6.07) is 11.5. The second-order valence-corrected chi connectivity index (χ2v) is 8.49. The number of ether oxygens (including phenoxy) is 1. The molecule has 3 rings (SSSR count). The monoisotopic (exact) mass is 377 g/mol. The first kappa shape index (κ1) is 18.4. The number of halogens is 1. The standard InChI is InChI=1S/C19H20FNO4S/c20-14-5-9-16(10-6-14)25-13-19(22)21-15-7-11-18(12-8-15)26(23,24)17-3-1-2-4-17/h5-12,17H,1-4,13H2,(H,21,22). The number of benzene rings is 2. The quantitative estimate of drug-likeness (QED) is 0.835. The molecule has 0 unspecified atom stereocenters. The smallest absolute Gasteiger partial charge is 0.262 e. The number of rotatable bonds is 6. The largest absolute Gasteiger partial charge is 0.484 e. The lowest BCUT2D eigenvalue weighted by Crippen LogP contribution is -2.20. The predicted octanol–water partition coefficient (Wildman–Crippen LogP) is 3.56. The average molecular weight is 377 g/mol. The van der Waals surface area contributed by atoms with Crippen molar-refractivity contribution >= 4 is 21.4 Å². The summed E-state index contributed by atoms with van der Waals surface area (Å²) in [4.78, 5) is 12.2. The van der Waals surface area contributed by atoms with Crippen molar-refractivity contribution in [3.63, 3.8) is 0 Å². The van der Waals surface area contributed by atoms with Gasteiger partial charge in [-0.15, -0.1) is 0 Å². The maximum Gasteiger partial charge on any atom is 0.262 e. The Kier molecular flexibility index (Phi) is 5.56. The Bertz CT molecular complexity index is 857. The fraction of sp³-hybridized carbons (Fsp3) is 0.316. The summed E-state index contributed by atoms with van der Waals surface area (Å²) in [6.07, 6.45) is 3.32. The molecule has 0 radical (unpaired) electrons. The van der Waals surface area contributed by atoms with E-state index in [1.54, 1.807) is 12.1 Å². The van der Waals surface area contributed by atoms with Gasteiger partial charge in [0, 0.05) is 5.69 Å². The van der Waals surface area contributed by atoms with E-state index < -0.39 is 9.84 Å². The molecule has 1 N–H and O–H groups in total. The molecule has 2 aromatic rings. The van der Waals surface area contributed by atoms with Crippen LogP contribution in [-0.2, 0) is 14.6 Å². The van der Waals surface area contributed by atoms with Crippen LogP contribution in [0.15, 0.2) is 53.4 Å². The van der Waals surface area contributed by atoms with Crippen molar-refractivity contribution in [3.05, 3.63) is 54.3 Å². The highest BCUT2D eigenvalue weighted by Crippen LogP contribution is 2.30. The number of amides is 1. The minimum Gasteiger partial charge on any atom is -0.484 e. The van der Waals surface area contributed by atoms with Crippen LogP contribution in [0.5, 0.6) is 5.75 Å². The Morgan fingerprint density at radius 1 is 1.04 bits per heavy atom. The molecule has 0 aromatic heterocycles. The summed E-state index contributed by atoms with van der Waals surface area (Å²) >= 11 is 0. The molecule has 0 atom stereocenters. The van der Waals surface area contributed by atoms with Crippen molar-refractivity contribution in [2.75, 3.05) is 11.9 Å². The highest BCUT2D eigenvalue weighted by atomic mass is 32.2. The highest BCUT2D eigenvalue weighted by molar-refractivity contribution is 7.92. The van der Waals surface area contributed by atoms with E-state index in [-0.39, 0.29) is 28.5 Å². The third-order valence-electron chi connectivity index (χ3n) is 4.39. The number of carbonyl (C=O) groups is 1. The van der Waals surface area contributed by atoms with Crippen LogP contribution in [0.25, 0.3) is 0 Å². The summed E-state index contributed by atoms with van der Waals surface area (Å²) in [5, 5.41) is 2.34. The second-order valence-electron chi connectivity index (χ2n) is 6.27. The van der Waals surface area contributed by atoms with Crippen LogP contribution >= 0.6 is 0 Å². The molecular formula is C19H20FNO4S. The van der Waals surface area contributed by atoms with E-state index in [9.17, 15) is 17.6 Å². The predicted molar refractivity (Wildman–Crippen MR) is 96.4 cm³/mol. The van der Waals surface area contributed by atoms with E-state index in [1.807, 2.05) is 0 Å². The normalized spacial score (nSPS) is 15.0. The molecule has 26 heavy (non-hydrogen) atoms. The van der Waals surface area contributed by atoms with Crippen molar-refractivity contribution in [1.82, 2.24) is 0 Å². The van der Waals surface area contributed by atoms with Crippen molar-refractivity contribution in [2.24, 2.45) is 0 Å². The zero-order valence-corrected chi connectivity index (χ0v) is 15.0. The van der Waals surface area contributed by atoms with E-state index in [0.717, 1.165) is 12.8 Å². The molecule has 1 amide bonds. The van der Waals surface area contributed by atoms with Crippen molar-refractivity contribution < 1.29 is 22.3 Å². The van der Waals surface area contributed by atoms with Crippen LogP contribution in [0, 0.1) is 5.82 Å². The molecule has 0 heterocycles. The lowest BCUT2D eigenvalue weighted by molar-refractivity contribution is -0.118. The molecule has 1 saturated carbocycles. The Morgan fingerprint density at radius 2 is 1.65 bits per heavy atom. The van der Waals surface area contributed by atoms with E-state index in [0.29, 0.717) is 24.3 Å². The molecule has 1 aliphatic carbocycles. The molecule has 138 valence electrons. The fourth-order valence-corrected chi connectivity index (χ4v) is 4.85. The van der Waals surface area contributed by atoms with Crippen LogP contribution in [0.4, 0.5) is 10.1 Å². The average Bonchev–Trinajstić information content (AvgIpc) is 3.17. The third-order valence-corrected chi connectivity index (χ3v) is 6.67. The lowest BCUT2D eigenvalue weighted by Gasteiger charge is -2.12. The number of hydrogen-bond donors (Lipinski definition) is 1. The van der Waals surface area contributed by atoms with Crippen LogP contribution < -0.4 is 10.1 Å². The Morgan fingerprint density at radius 3 is 2.27 bits per heavy atom. The van der Waals surface area contributed by atoms with Crippen molar-refractivity contribution in [2.45, 2.75) is 35.8 Å². The zero-order valence-electron chi connectivity index (χ0n) is 14.2. The summed E-state index contributed by atoms with van der Waals surface area (Å²) in [5.41, 5.74) is 0.489. The molecule has 0 bridgehead atoms. The topological polar surface area (TPSA) is 72.5 Å². The van der Waals surface area contributed by atoms with Gasteiger partial charge in [-0.3, -0.25) is 4.79 Å². The number of sulfone groups is 1. The molecule has 1 aliphatic rings. The number of anilines is 1.